The standard InChI is InChI=1S/C20H22N4O4S2/c1-23-17-6-5-16(12-18(17)29-20(23)26)30(27,28)24-10-7-14(8-11-24)19(25)22-13-15-4-2-3-9-21-15/h2-6,9,12,14H,7-8,10-11,13H2,1H3,(H,22,25). The molecule has 3 heterocycles. The molecule has 0 radical (unpaired) electrons. The lowest BCUT2D eigenvalue weighted by atomic mass is 9.97. The minimum atomic E-state index is -3.67. The van der Waals surface area contributed by atoms with Gasteiger partial charge in [-0.3, -0.25) is 14.6 Å². The summed E-state index contributed by atoms with van der Waals surface area (Å²) in [4.78, 5) is 28.5. The van der Waals surface area contributed by atoms with E-state index in [4.69, 9.17) is 0 Å². The Morgan fingerprint density at radius 3 is 2.70 bits per heavy atom. The number of aromatic nitrogens is 2. The summed E-state index contributed by atoms with van der Waals surface area (Å²) in [6.07, 6.45) is 2.61. The number of piperidine rings is 1. The summed E-state index contributed by atoms with van der Waals surface area (Å²) in [6.45, 7) is 0.929. The lowest BCUT2D eigenvalue weighted by Gasteiger charge is -2.30. The van der Waals surface area contributed by atoms with Crippen LogP contribution >= 0.6 is 11.3 Å². The Morgan fingerprint density at radius 1 is 1.23 bits per heavy atom. The molecule has 3 aromatic rings. The third-order valence-corrected chi connectivity index (χ3v) is 8.29. The van der Waals surface area contributed by atoms with E-state index in [9.17, 15) is 18.0 Å². The largest absolute Gasteiger partial charge is 0.350 e. The number of amides is 1. The Balaban J connectivity index is 1.40. The maximum atomic E-state index is 13.0. The molecule has 1 aliphatic rings. The monoisotopic (exact) mass is 446 g/mol. The molecular formula is C20H22N4O4S2. The Labute approximate surface area is 178 Å². The van der Waals surface area contributed by atoms with Crippen molar-refractivity contribution in [2.24, 2.45) is 13.0 Å². The van der Waals surface area contributed by atoms with E-state index in [0.717, 1.165) is 17.0 Å². The van der Waals surface area contributed by atoms with Crippen LogP contribution in [0.4, 0.5) is 0 Å². The molecule has 0 unspecified atom stereocenters. The molecular weight excluding hydrogens is 424 g/mol. The molecule has 0 bridgehead atoms. The van der Waals surface area contributed by atoms with Gasteiger partial charge in [0, 0.05) is 32.3 Å². The fraction of sp³-hybridized carbons (Fsp3) is 0.350. The molecule has 0 spiro atoms. The van der Waals surface area contributed by atoms with Crippen LogP contribution in [0.15, 0.2) is 52.3 Å². The second-order valence-electron chi connectivity index (χ2n) is 7.27. The fourth-order valence-corrected chi connectivity index (χ4v) is 6.10. The number of nitrogens with one attached hydrogen (secondary N) is 1. The highest BCUT2D eigenvalue weighted by molar-refractivity contribution is 7.89. The first kappa shape index (κ1) is 20.7. The molecule has 0 saturated carbocycles. The van der Waals surface area contributed by atoms with Gasteiger partial charge in [-0.1, -0.05) is 17.4 Å². The van der Waals surface area contributed by atoms with E-state index in [1.54, 1.807) is 25.4 Å². The van der Waals surface area contributed by atoms with Gasteiger partial charge in [0.05, 0.1) is 27.4 Å². The van der Waals surface area contributed by atoms with Crippen LogP contribution in [0.1, 0.15) is 18.5 Å². The van der Waals surface area contributed by atoms with Crippen LogP contribution in [0.25, 0.3) is 10.2 Å². The van der Waals surface area contributed by atoms with Gasteiger partial charge < -0.3 is 9.88 Å². The summed E-state index contributed by atoms with van der Waals surface area (Å²) in [5, 5.41) is 2.88. The highest BCUT2D eigenvalue weighted by Gasteiger charge is 2.32. The molecule has 0 atom stereocenters. The van der Waals surface area contributed by atoms with Crippen molar-refractivity contribution >= 4 is 37.5 Å². The SMILES string of the molecule is Cn1c(=O)sc2cc(S(=O)(=O)N3CCC(C(=O)NCc4ccccn4)CC3)ccc21. The summed E-state index contributed by atoms with van der Waals surface area (Å²) in [5.74, 6) is -0.296. The van der Waals surface area contributed by atoms with Gasteiger partial charge in [0.1, 0.15) is 0 Å². The number of rotatable bonds is 5. The van der Waals surface area contributed by atoms with E-state index in [1.165, 1.54) is 14.9 Å². The third kappa shape index (κ3) is 4.03. The average Bonchev–Trinajstić information content (AvgIpc) is 3.06. The molecule has 30 heavy (non-hydrogen) atoms. The van der Waals surface area contributed by atoms with E-state index < -0.39 is 10.0 Å². The topological polar surface area (TPSA) is 101 Å². The molecule has 1 aliphatic heterocycles. The normalized spacial score (nSPS) is 16.0. The van der Waals surface area contributed by atoms with Crippen LogP contribution in [-0.2, 0) is 28.4 Å². The van der Waals surface area contributed by atoms with Gasteiger partial charge in [-0.25, -0.2) is 8.42 Å². The van der Waals surface area contributed by atoms with Crippen molar-refractivity contribution in [2.45, 2.75) is 24.3 Å². The first-order chi connectivity index (χ1) is 14.4. The number of carbonyl (C=O) groups excluding carboxylic acids is 1. The van der Waals surface area contributed by atoms with Crippen molar-refractivity contribution in [3.8, 4) is 0 Å². The molecule has 158 valence electrons. The van der Waals surface area contributed by atoms with Crippen molar-refractivity contribution in [1.29, 1.82) is 0 Å². The number of fused-ring (bicyclic) bond motifs is 1. The number of carbonyl (C=O) groups is 1. The zero-order valence-electron chi connectivity index (χ0n) is 16.4. The number of pyridine rings is 1. The second-order valence-corrected chi connectivity index (χ2v) is 10.2. The smallest absolute Gasteiger partial charge is 0.307 e. The van der Waals surface area contributed by atoms with Gasteiger partial charge in [-0.15, -0.1) is 0 Å². The molecule has 1 amide bonds. The quantitative estimate of drug-likeness (QED) is 0.643. The summed E-state index contributed by atoms with van der Waals surface area (Å²) in [6, 6.07) is 10.3. The van der Waals surface area contributed by atoms with Gasteiger partial charge in [0.2, 0.25) is 15.9 Å². The number of hydrogen-bond acceptors (Lipinski definition) is 6. The van der Waals surface area contributed by atoms with Crippen LogP contribution in [0.2, 0.25) is 0 Å². The van der Waals surface area contributed by atoms with E-state index in [2.05, 4.69) is 10.3 Å². The third-order valence-electron chi connectivity index (χ3n) is 5.40. The Kier molecular flexibility index (Phi) is 5.72. The summed E-state index contributed by atoms with van der Waals surface area (Å²) >= 11 is 1.03. The number of aryl methyl sites for hydroxylation is 1. The van der Waals surface area contributed by atoms with Gasteiger partial charge in [-0.2, -0.15) is 4.31 Å². The number of hydrogen-bond donors (Lipinski definition) is 1. The van der Waals surface area contributed by atoms with Crippen LogP contribution < -0.4 is 10.2 Å². The minimum Gasteiger partial charge on any atom is -0.350 e. The second kappa shape index (κ2) is 8.29. The first-order valence-electron chi connectivity index (χ1n) is 9.63. The Morgan fingerprint density at radius 2 is 2.00 bits per heavy atom. The zero-order chi connectivity index (χ0) is 21.3. The molecule has 1 N–H and O–H groups in total. The highest BCUT2D eigenvalue weighted by atomic mass is 32.2. The van der Waals surface area contributed by atoms with Gasteiger partial charge in [0.25, 0.3) is 0 Å². The van der Waals surface area contributed by atoms with E-state index in [1.807, 2.05) is 18.2 Å². The van der Waals surface area contributed by atoms with Crippen molar-refractivity contribution in [3.63, 3.8) is 0 Å². The van der Waals surface area contributed by atoms with Crippen LogP contribution in [-0.4, -0.2) is 41.3 Å². The number of thiazole rings is 1. The van der Waals surface area contributed by atoms with Crippen molar-refractivity contribution in [3.05, 3.63) is 58.0 Å². The summed E-state index contributed by atoms with van der Waals surface area (Å²) in [5.41, 5.74) is 1.50. The minimum absolute atomic E-state index is 0.0758. The van der Waals surface area contributed by atoms with Crippen LogP contribution in [0.3, 0.4) is 0 Å². The van der Waals surface area contributed by atoms with Crippen LogP contribution in [0.5, 0.6) is 0 Å². The molecule has 10 heteroatoms. The number of nitrogens with zero attached hydrogens (tertiary/aromatic N) is 3. The number of benzene rings is 1. The van der Waals surface area contributed by atoms with E-state index >= 15 is 0 Å². The lowest BCUT2D eigenvalue weighted by Crippen LogP contribution is -2.42. The summed E-state index contributed by atoms with van der Waals surface area (Å²) in [7, 11) is -2.01. The molecule has 1 aromatic carbocycles. The van der Waals surface area contributed by atoms with E-state index in [0.29, 0.717) is 29.6 Å². The predicted octanol–water partition coefficient (Wildman–Crippen LogP) is 1.71. The zero-order valence-corrected chi connectivity index (χ0v) is 18.1. The van der Waals surface area contributed by atoms with Gasteiger partial charge >= 0.3 is 4.87 Å². The van der Waals surface area contributed by atoms with Crippen molar-refractivity contribution in [2.75, 3.05) is 13.1 Å². The molecule has 4 rings (SSSR count). The predicted molar refractivity (Wildman–Crippen MR) is 115 cm³/mol. The lowest BCUT2D eigenvalue weighted by molar-refractivity contribution is -0.126. The average molecular weight is 447 g/mol. The van der Waals surface area contributed by atoms with E-state index in [-0.39, 0.29) is 34.7 Å². The maximum absolute atomic E-state index is 13.0. The van der Waals surface area contributed by atoms with Crippen molar-refractivity contribution in [1.82, 2.24) is 19.2 Å². The van der Waals surface area contributed by atoms with Gasteiger partial charge in [-0.05, 0) is 43.2 Å². The fourth-order valence-electron chi connectivity index (χ4n) is 3.61. The highest BCUT2D eigenvalue weighted by Crippen LogP contribution is 2.27. The molecule has 2 aromatic heterocycles. The van der Waals surface area contributed by atoms with Crippen LogP contribution in [0, 0.1) is 5.92 Å². The first-order valence-corrected chi connectivity index (χ1v) is 11.9. The van der Waals surface area contributed by atoms with Crippen molar-refractivity contribution < 1.29 is 13.2 Å². The molecule has 1 fully saturated rings. The molecule has 1 saturated heterocycles. The molecule has 0 aliphatic carbocycles. The summed E-state index contributed by atoms with van der Waals surface area (Å²) < 4.78 is 29.7. The Hall–Kier alpha value is -2.56. The maximum Gasteiger partial charge on any atom is 0.307 e. The van der Waals surface area contributed by atoms with Gasteiger partial charge in [0.15, 0.2) is 0 Å². The number of sulfonamides is 1. The molecule has 8 nitrogen and oxygen atoms in total. The Bertz CT molecular complexity index is 1230.